The first-order valence-electron chi connectivity index (χ1n) is 12.2. The van der Waals surface area contributed by atoms with E-state index >= 15 is 0 Å². The van der Waals surface area contributed by atoms with Gasteiger partial charge in [0.15, 0.2) is 6.67 Å². The van der Waals surface area contributed by atoms with Crippen molar-refractivity contribution in [2.75, 3.05) is 26.3 Å². The minimum absolute atomic E-state index is 0.227. The largest absolute Gasteiger partial charge is 0.481 e. The highest BCUT2D eigenvalue weighted by atomic mass is 16.4. The summed E-state index contributed by atoms with van der Waals surface area (Å²) in [6.07, 6.45) is 20.1. The molecule has 1 aliphatic heterocycles. The predicted octanol–water partition coefficient (Wildman–Crippen LogP) is 5.59. The summed E-state index contributed by atoms with van der Waals surface area (Å²) in [7, 11) is 0. The number of carbonyl (C=O) groups is 2. The summed E-state index contributed by atoms with van der Waals surface area (Å²) in [4.78, 5) is 24.0. The van der Waals surface area contributed by atoms with Crippen molar-refractivity contribution in [3.63, 3.8) is 0 Å². The van der Waals surface area contributed by atoms with Crippen molar-refractivity contribution in [3.8, 4) is 0 Å². The van der Waals surface area contributed by atoms with E-state index in [0.717, 1.165) is 43.6 Å². The Kier molecular flexibility index (Phi) is 14.3. The fourth-order valence-corrected chi connectivity index (χ4v) is 4.27. The number of quaternary nitrogens is 1. The van der Waals surface area contributed by atoms with Crippen LogP contribution in [0.2, 0.25) is 0 Å². The van der Waals surface area contributed by atoms with Gasteiger partial charge in [0.05, 0.1) is 19.3 Å². The van der Waals surface area contributed by atoms with Gasteiger partial charge in [0.25, 0.3) is 0 Å². The Morgan fingerprint density at radius 3 is 1.77 bits per heavy atom. The van der Waals surface area contributed by atoms with E-state index in [-0.39, 0.29) is 12.8 Å². The average molecular weight is 426 g/mol. The van der Waals surface area contributed by atoms with Crippen LogP contribution in [0, 0.1) is 0 Å². The highest BCUT2D eigenvalue weighted by Crippen LogP contribution is 2.22. The van der Waals surface area contributed by atoms with Crippen molar-refractivity contribution in [1.82, 2.24) is 4.90 Å². The lowest BCUT2D eigenvalue weighted by molar-refractivity contribution is -0.881. The molecule has 1 aliphatic rings. The first kappa shape index (κ1) is 26.5. The molecule has 1 rings (SSSR count). The minimum Gasteiger partial charge on any atom is -0.481 e. The molecule has 0 fully saturated rings. The highest BCUT2D eigenvalue weighted by Gasteiger charge is 2.31. The van der Waals surface area contributed by atoms with Crippen LogP contribution in [-0.2, 0) is 9.59 Å². The Balaban J connectivity index is 2.28. The van der Waals surface area contributed by atoms with E-state index in [9.17, 15) is 9.59 Å². The van der Waals surface area contributed by atoms with Gasteiger partial charge >= 0.3 is 11.9 Å². The summed E-state index contributed by atoms with van der Waals surface area (Å²) in [5.74, 6) is -1.46. The third-order valence-electron chi connectivity index (χ3n) is 6.09. The number of carboxylic acids is 2. The number of hydrogen-bond acceptors (Lipinski definition) is 3. The lowest BCUT2D eigenvalue weighted by atomic mass is 10.1. The molecule has 174 valence electrons. The number of unbranched alkanes of at least 4 members (excludes halogenated alkanes) is 10. The van der Waals surface area contributed by atoms with Crippen molar-refractivity contribution in [2.24, 2.45) is 0 Å². The zero-order chi connectivity index (χ0) is 22.1. The molecule has 0 aromatic heterocycles. The average Bonchev–Trinajstić information content (AvgIpc) is 3.10. The smallest absolute Gasteiger partial charge is 0.303 e. The third kappa shape index (κ3) is 12.9. The van der Waals surface area contributed by atoms with E-state index in [0.29, 0.717) is 12.8 Å². The van der Waals surface area contributed by atoms with Gasteiger partial charge in [-0.25, -0.2) is 0 Å². The molecule has 0 radical (unpaired) electrons. The Labute approximate surface area is 183 Å². The van der Waals surface area contributed by atoms with E-state index in [1.54, 1.807) is 0 Å². The SMILES string of the molecule is CCCCCCCCCCCN1C=C[N+](CCCCC(=O)O)(CCCCC(=O)O)C1. The first-order valence-corrected chi connectivity index (χ1v) is 12.2. The topological polar surface area (TPSA) is 77.8 Å². The number of nitrogens with zero attached hydrogens (tertiary/aromatic N) is 2. The molecule has 0 atom stereocenters. The molecular weight excluding hydrogens is 380 g/mol. The van der Waals surface area contributed by atoms with Crippen LogP contribution in [-0.4, -0.2) is 57.8 Å². The molecule has 0 aliphatic carbocycles. The molecule has 1 heterocycles. The molecule has 0 amide bonds. The van der Waals surface area contributed by atoms with Crippen LogP contribution in [0.3, 0.4) is 0 Å². The molecule has 6 nitrogen and oxygen atoms in total. The van der Waals surface area contributed by atoms with Crippen LogP contribution >= 0.6 is 0 Å². The fraction of sp³-hybridized carbons (Fsp3) is 0.833. The maximum atomic E-state index is 10.8. The molecular formula is C24H45N2O4+. The second-order valence-electron chi connectivity index (χ2n) is 8.95. The second kappa shape index (κ2) is 16.2. The quantitative estimate of drug-likeness (QED) is 0.196. The summed E-state index contributed by atoms with van der Waals surface area (Å²) in [5, 5.41) is 17.7. The Hall–Kier alpha value is -1.56. The van der Waals surface area contributed by atoms with Crippen molar-refractivity contribution >= 4 is 11.9 Å². The van der Waals surface area contributed by atoms with E-state index in [1.165, 1.54) is 57.8 Å². The standard InChI is InChI=1S/C24H44N2O4/c1-2-3-4-5-6-7-8-9-12-17-25-18-21-26(22-25,19-13-10-15-23(27)28)20-14-11-16-24(29)30/h18,21H,2-17,19-20,22H2,1H3,(H-,27,28,29,30)/p+1. The van der Waals surface area contributed by atoms with Gasteiger partial charge in [-0.2, -0.15) is 0 Å². The molecule has 6 heteroatoms. The molecule has 0 spiro atoms. The molecule has 0 aromatic carbocycles. The van der Waals surface area contributed by atoms with Crippen molar-refractivity contribution < 1.29 is 24.3 Å². The molecule has 0 saturated carbocycles. The normalized spacial score (nSPS) is 15.0. The van der Waals surface area contributed by atoms with Crippen molar-refractivity contribution in [1.29, 1.82) is 0 Å². The zero-order valence-corrected chi connectivity index (χ0v) is 19.2. The summed E-state index contributed by atoms with van der Waals surface area (Å²) in [6.45, 7) is 6.15. The van der Waals surface area contributed by atoms with Crippen LogP contribution in [0.15, 0.2) is 12.4 Å². The fourth-order valence-electron chi connectivity index (χ4n) is 4.27. The highest BCUT2D eigenvalue weighted by molar-refractivity contribution is 5.66. The van der Waals surface area contributed by atoms with Crippen LogP contribution in [0.5, 0.6) is 0 Å². The van der Waals surface area contributed by atoms with Crippen LogP contribution in [0.25, 0.3) is 0 Å². The summed E-state index contributed by atoms with van der Waals surface area (Å²) < 4.78 is 0.844. The van der Waals surface area contributed by atoms with Crippen molar-refractivity contribution in [2.45, 2.75) is 103 Å². The second-order valence-corrected chi connectivity index (χ2v) is 8.95. The van der Waals surface area contributed by atoms with Gasteiger partial charge in [0, 0.05) is 19.4 Å². The van der Waals surface area contributed by atoms with Gasteiger partial charge in [0.2, 0.25) is 0 Å². The first-order chi connectivity index (χ1) is 14.5. The lowest BCUT2D eigenvalue weighted by Gasteiger charge is -2.33. The maximum Gasteiger partial charge on any atom is 0.303 e. The zero-order valence-electron chi connectivity index (χ0n) is 19.2. The predicted molar refractivity (Wildman–Crippen MR) is 121 cm³/mol. The van der Waals surface area contributed by atoms with Gasteiger partial charge in [-0.3, -0.25) is 14.1 Å². The Morgan fingerprint density at radius 2 is 1.27 bits per heavy atom. The van der Waals surface area contributed by atoms with E-state index in [1.807, 2.05) is 0 Å². The molecule has 30 heavy (non-hydrogen) atoms. The van der Waals surface area contributed by atoms with E-state index < -0.39 is 11.9 Å². The molecule has 0 bridgehead atoms. The Bertz CT molecular complexity index is 485. The van der Waals surface area contributed by atoms with Crippen LogP contribution in [0.1, 0.15) is 103 Å². The molecule has 2 N–H and O–H groups in total. The summed E-state index contributed by atoms with van der Waals surface area (Å²) in [6, 6.07) is 0. The number of aliphatic carboxylic acids is 2. The van der Waals surface area contributed by atoms with Gasteiger partial charge < -0.3 is 15.1 Å². The van der Waals surface area contributed by atoms with E-state index in [4.69, 9.17) is 10.2 Å². The molecule has 0 saturated heterocycles. The third-order valence-corrected chi connectivity index (χ3v) is 6.09. The van der Waals surface area contributed by atoms with Crippen molar-refractivity contribution in [3.05, 3.63) is 12.4 Å². The van der Waals surface area contributed by atoms with E-state index in [2.05, 4.69) is 24.2 Å². The molecule has 0 aromatic rings. The number of hydrogen-bond donors (Lipinski definition) is 2. The summed E-state index contributed by atoms with van der Waals surface area (Å²) in [5.41, 5.74) is 0. The van der Waals surface area contributed by atoms with Gasteiger partial charge in [0.1, 0.15) is 6.20 Å². The summed E-state index contributed by atoms with van der Waals surface area (Å²) >= 11 is 0. The van der Waals surface area contributed by atoms with Gasteiger partial charge in [-0.15, -0.1) is 0 Å². The maximum absolute atomic E-state index is 10.8. The monoisotopic (exact) mass is 425 g/mol. The lowest BCUT2D eigenvalue weighted by Crippen LogP contribution is -2.46. The van der Waals surface area contributed by atoms with Crippen LogP contribution in [0.4, 0.5) is 0 Å². The van der Waals surface area contributed by atoms with Gasteiger partial charge in [-0.05, 0) is 32.1 Å². The number of carboxylic acid groups (broad SMARTS) is 2. The number of rotatable bonds is 20. The van der Waals surface area contributed by atoms with Crippen LogP contribution < -0.4 is 0 Å². The van der Waals surface area contributed by atoms with Gasteiger partial charge in [-0.1, -0.05) is 58.3 Å². The molecule has 0 unspecified atom stereocenters. The Morgan fingerprint density at radius 1 is 0.767 bits per heavy atom. The minimum atomic E-state index is -0.730.